The third-order valence-electron chi connectivity index (χ3n) is 9.28. The highest BCUT2D eigenvalue weighted by atomic mass is 127. The Morgan fingerprint density at radius 1 is 0.519 bits per heavy atom. The molecule has 8 heteroatoms. The molecule has 280 valence electrons. The Kier molecular flexibility index (Phi) is 19.9. The highest BCUT2D eigenvalue weighted by Crippen LogP contribution is 2.27. The molecule has 0 aliphatic heterocycles. The number of hydrogen-bond acceptors (Lipinski definition) is 6. The van der Waals surface area contributed by atoms with E-state index in [-0.39, 0.29) is 59.2 Å². The summed E-state index contributed by atoms with van der Waals surface area (Å²) in [6.07, 6.45) is 0. The number of ether oxygens (including phenoxy) is 3. The van der Waals surface area contributed by atoms with Gasteiger partial charge in [-0.15, -0.1) is 0 Å². The number of carbonyl (C=O) groups excluding carboxylic acids is 3. The maximum absolute atomic E-state index is 12.7. The number of esters is 3. The molecule has 6 atom stereocenters. The molecule has 6 unspecified atom stereocenters. The molecule has 0 fully saturated rings. The van der Waals surface area contributed by atoms with Crippen molar-refractivity contribution in [2.24, 2.45) is 17.8 Å². The average Bonchev–Trinajstić information content (AvgIpc) is 3.17. The van der Waals surface area contributed by atoms with Gasteiger partial charge in [0.15, 0.2) is 0 Å². The molecule has 0 radical (unpaired) electrons. The van der Waals surface area contributed by atoms with Gasteiger partial charge in [-0.05, 0) is 101 Å². The predicted molar refractivity (Wildman–Crippen MR) is 214 cm³/mol. The molecule has 0 N–H and O–H groups in total. The van der Waals surface area contributed by atoms with E-state index in [0.717, 1.165) is 16.7 Å². The Bertz CT molecular complexity index is 1610. The first-order chi connectivity index (χ1) is 24.8. The van der Waals surface area contributed by atoms with Crippen molar-refractivity contribution in [3.63, 3.8) is 0 Å². The van der Waals surface area contributed by atoms with E-state index < -0.39 is 0 Å². The molecule has 0 saturated heterocycles. The Labute approximate surface area is 323 Å². The van der Waals surface area contributed by atoms with Gasteiger partial charge in [0.05, 0.1) is 31.0 Å². The summed E-state index contributed by atoms with van der Waals surface area (Å²) in [5, 5.41) is 0. The van der Waals surface area contributed by atoms with Gasteiger partial charge in [0, 0.05) is 3.57 Å². The Balaban J connectivity index is 0.000000276. The van der Waals surface area contributed by atoms with Crippen LogP contribution >= 0.6 is 22.6 Å². The lowest BCUT2D eigenvalue weighted by Crippen LogP contribution is -2.20. The SMILES string of the molecule is CC(C(=O)OCc1ccc(I)cc1)C(C)c1ccccc1.CCOC(=O)C(C)C(C)c1ccc(F)cc1.CCOC(=O)C(C)C(C)c1ccccc1. The first kappa shape index (κ1) is 44.1. The van der Waals surface area contributed by atoms with Crippen LogP contribution < -0.4 is 0 Å². The summed E-state index contributed by atoms with van der Waals surface area (Å²) in [5.74, 6) is -0.827. The van der Waals surface area contributed by atoms with E-state index in [9.17, 15) is 18.8 Å². The van der Waals surface area contributed by atoms with Crippen LogP contribution in [0.4, 0.5) is 4.39 Å². The standard InChI is InChI=1S/C18H19IO2.C13H17FO2.C13H18O2/c1-13(16-6-4-3-5-7-16)14(2)18(20)21-12-15-8-10-17(19)11-9-15;1-4-16-13(15)10(3)9(2)11-5-7-12(14)8-6-11;1-4-15-13(14)11(3)10(2)12-8-6-5-7-9-12/h3-11,13-14H,12H2,1-2H3;5-10H,4H2,1-3H3;5-11H,4H2,1-3H3. The van der Waals surface area contributed by atoms with Crippen molar-refractivity contribution < 1.29 is 33.0 Å². The fourth-order valence-corrected chi connectivity index (χ4v) is 5.53. The summed E-state index contributed by atoms with van der Waals surface area (Å²) in [4.78, 5) is 35.2. The first-order valence-electron chi connectivity index (χ1n) is 17.9. The van der Waals surface area contributed by atoms with Crippen molar-refractivity contribution >= 4 is 40.5 Å². The van der Waals surface area contributed by atoms with Gasteiger partial charge in [-0.2, -0.15) is 0 Å². The highest BCUT2D eigenvalue weighted by molar-refractivity contribution is 14.1. The molecule has 0 spiro atoms. The summed E-state index contributed by atoms with van der Waals surface area (Å²) in [7, 11) is 0. The maximum Gasteiger partial charge on any atom is 0.309 e. The number of carbonyl (C=O) groups is 3. The smallest absolute Gasteiger partial charge is 0.309 e. The predicted octanol–water partition coefficient (Wildman–Crippen LogP) is 10.9. The topological polar surface area (TPSA) is 78.9 Å². The molecule has 0 amide bonds. The lowest BCUT2D eigenvalue weighted by Gasteiger charge is -2.19. The highest BCUT2D eigenvalue weighted by Gasteiger charge is 2.24. The normalized spacial score (nSPS) is 14.0. The van der Waals surface area contributed by atoms with Crippen molar-refractivity contribution in [3.8, 4) is 0 Å². The van der Waals surface area contributed by atoms with Crippen LogP contribution in [0.5, 0.6) is 0 Å². The summed E-state index contributed by atoms with van der Waals surface area (Å²) < 4.78 is 29.3. The second-order valence-electron chi connectivity index (χ2n) is 12.8. The van der Waals surface area contributed by atoms with Crippen molar-refractivity contribution in [1.82, 2.24) is 0 Å². The Hall–Kier alpha value is -4.05. The van der Waals surface area contributed by atoms with Crippen molar-refractivity contribution in [2.45, 2.75) is 79.8 Å². The van der Waals surface area contributed by atoms with E-state index in [0.29, 0.717) is 19.8 Å². The number of hydrogen-bond donors (Lipinski definition) is 0. The van der Waals surface area contributed by atoms with Crippen LogP contribution in [0.15, 0.2) is 109 Å². The summed E-state index contributed by atoms with van der Waals surface area (Å²) in [6, 6.07) is 34.3. The zero-order valence-electron chi connectivity index (χ0n) is 31.7. The largest absolute Gasteiger partial charge is 0.466 e. The van der Waals surface area contributed by atoms with Crippen molar-refractivity contribution in [3.05, 3.63) is 141 Å². The van der Waals surface area contributed by atoms with Crippen LogP contribution in [-0.2, 0) is 35.2 Å². The number of rotatable bonds is 13. The van der Waals surface area contributed by atoms with Crippen LogP contribution in [0, 0.1) is 27.1 Å². The minimum absolute atomic E-state index is 0.0275. The van der Waals surface area contributed by atoms with Gasteiger partial charge in [-0.1, -0.05) is 126 Å². The van der Waals surface area contributed by atoms with E-state index in [2.05, 4.69) is 36.4 Å². The molecular formula is C44H54FIO6. The van der Waals surface area contributed by atoms with Crippen LogP contribution in [0.2, 0.25) is 0 Å². The van der Waals surface area contributed by atoms with Crippen LogP contribution in [-0.4, -0.2) is 31.1 Å². The van der Waals surface area contributed by atoms with E-state index >= 15 is 0 Å². The van der Waals surface area contributed by atoms with Crippen LogP contribution in [0.3, 0.4) is 0 Å². The van der Waals surface area contributed by atoms with E-state index in [1.165, 1.54) is 21.3 Å². The van der Waals surface area contributed by atoms with Gasteiger partial charge in [0.1, 0.15) is 12.4 Å². The number of benzene rings is 4. The summed E-state index contributed by atoms with van der Waals surface area (Å²) in [6.45, 7) is 16.5. The molecular weight excluding hydrogens is 770 g/mol. The second kappa shape index (κ2) is 23.5. The lowest BCUT2D eigenvalue weighted by atomic mass is 9.89. The molecule has 0 aliphatic rings. The molecule has 0 bridgehead atoms. The number of halogens is 2. The molecule has 0 heterocycles. The first-order valence-corrected chi connectivity index (χ1v) is 19.0. The van der Waals surface area contributed by atoms with Gasteiger partial charge >= 0.3 is 17.9 Å². The van der Waals surface area contributed by atoms with Gasteiger partial charge in [-0.3, -0.25) is 14.4 Å². The molecule has 0 aliphatic carbocycles. The van der Waals surface area contributed by atoms with Gasteiger partial charge in [-0.25, -0.2) is 4.39 Å². The van der Waals surface area contributed by atoms with Crippen LogP contribution in [0.1, 0.15) is 95.4 Å². The van der Waals surface area contributed by atoms with Gasteiger partial charge in [0.2, 0.25) is 0 Å². The Morgan fingerprint density at radius 3 is 1.23 bits per heavy atom. The van der Waals surface area contributed by atoms with Crippen molar-refractivity contribution in [1.29, 1.82) is 0 Å². The maximum atomic E-state index is 12.7. The molecule has 4 aromatic carbocycles. The van der Waals surface area contributed by atoms with Crippen molar-refractivity contribution in [2.75, 3.05) is 13.2 Å². The minimum atomic E-state index is -0.264. The Morgan fingerprint density at radius 2 is 0.865 bits per heavy atom. The molecule has 52 heavy (non-hydrogen) atoms. The zero-order valence-corrected chi connectivity index (χ0v) is 33.8. The summed E-state index contributed by atoms with van der Waals surface area (Å²) in [5.41, 5.74) is 4.31. The lowest BCUT2D eigenvalue weighted by molar-refractivity contribution is -0.150. The van der Waals surface area contributed by atoms with E-state index in [1.807, 2.05) is 120 Å². The quantitative estimate of drug-likeness (QED) is 0.0759. The van der Waals surface area contributed by atoms with E-state index in [1.54, 1.807) is 19.1 Å². The second-order valence-corrected chi connectivity index (χ2v) is 14.1. The van der Waals surface area contributed by atoms with Gasteiger partial charge in [0.25, 0.3) is 0 Å². The fraction of sp³-hybridized carbons (Fsp3) is 0.386. The third kappa shape index (κ3) is 14.9. The van der Waals surface area contributed by atoms with Gasteiger partial charge < -0.3 is 14.2 Å². The minimum Gasteiger partial charge on any atom is -0.466 e. The summed E-state index contributed by atoms with van der Waals surface area (Å²) >= 11 is 2.26. The zero-order chi connectivity index (χ0) is 38.6. The monoisotopic (exact) mass is 824 g/mol. The molecule has 4 rings (SSSR count). The average molecular weight is 825 g/mol. The third-order valence-corrected chi connectivity index (χ3v) is 10.00. The fourth-order valence-electron chi connectivity index (χ4n) is 5.17. The van der Waals surface area contributed by atoms with E-state index in [4.69, 9.17) is 14.2 Å². The molecule has 0 saturated carbocycles. The molecule has 0 aromatic heterocycles. The molecule has 4 aromatic rings. The molecule has 6 nitrogen and oxygen atoms in total. The van der Waals surface area contributed by atoms with Crippen LogP contribution in [0.25, 0.3) is 0 Å².